The minimum Gasteiger partial charge on any atom is -0.464 e. The number of aromatic nitrogens is 1. The number of nitrogens with one attached hydrogen (secondary N) is 1. The third-order valence-corrected chi connectivity index (χ3v) is 2.96. The van der Waals surface area contributed by atoms with Crippen LogP contribution in [-0.2, 0) is 4.74 Å². The molecule has 2 aromatic rings. The van der Waals surface area contributed by atoms with Gasteiger partial charge in [-0.15, -0.1) is 0 Å². The van der Waals surface area contributed by atoms with Crippen molar-refractivity contribution in [2.24, 2.45) is 5.92 Å². The van der Waals surface area contributed by atoms with E-state index in [-0.39, 0.29) is 0 Å². The molecule has 0 saturated carbocycles. The molecular formula is C12H14N2O2. The average Bonchev–Trinajstić information content (AvgIpc) is 2.97. The first-order chi connectivity index (χ1) is 7.93. The SMILES string of the molecule is c1cc2occc2c(NCC2CCOC2)n1. The first kappa shape index (κ1) is 9.66. The molecule has 3 rings (SSSR count). The van der Waals surface area contributed by atoms with Gasteiger partial charge in [0.05, 0.1) is 18.3 Å². The van der Waals surface area contributed by atoms with E-state index < -0.39 is 0 Å². The zero-order valence-corrected chi connectivity index (χ0v) is 8.98. The van der Waals surface area contributed by atoms with E-state index in [1.807, 2.05) is 12.1 Å². The molecule has 4 heteroatoms. The van der Waals surface area contributed by atoms with Gasteiger partial charge in [-0.25, -0.2) is 4.98 Å². The van der Waals surface area contributed by atoms with Gasteiger partial charge in [0.25, 0.3) is 0 Å². The highest BCUT2D eigenvalue weighted by Crippen LogP contribution is 2.22. The fraction of sp³-hybridized carbons (Fsp3) is 0.417. The molecule has 1 unspecified atom stereocenters. The number of anilines is 1. The van der Waals surface area contributed by atoms with Crippen LogP contribution in [0.25, 0.3) is 11.0 Å². The smallest absolute Gasteiger partial charge is 0.139 e. The minimum absolute atomic E-state index is 0.601. The summed E-state index contributed by atoms with van der Waals surface area (Å²) < 4.78 is 10.7. The number of furan rings is 1. The van der Waals surface area contributed by atoms with Gasteiger partial charge in [0.1, 0.15) is 11.4 Å². The van der Waals surface area contributed by atoms with Crippen LogP contribution in [0, 0.1) is 5.92 Å². The summed E-state index contributed by atoms with van der Waals surface area (Å²) in [6.07, 6.45) is 4.59. The number of fused-ring (bicyclic) bond motifs is 1. The quantitative estimate of drug-likeness (QED) is 0.858. The summed E-state index contributed by atoms with van der Waals surface area (Å²) in [7, 11) is 0. The van der Waals surface area contributed by atoms with Crippen LogP contribution in [0.2, 0.25) is 0 Å². The third kappa shape index (κ3) is 1.76. The van der Waals surface area contributed by atoms with Crippen molar-refractivity contribution in [1.82, 2.24) is 4.98 Å². The molecule has 84 valence electrons. The van der Waals surface area contributed by atoms with E-state index >= 15 is 0 Å². The molecule has 4 nitrogen and oxygen atoms in total. The molecule has 2 aromatic heterocycles. The predicted octanol–water partition coefficient (Wildman–Crippen LogP) is 2.28. The molecule has 0 aliphatic carbocycles. The Hall–Kier alpha value is -1.55. The Labute approximate surface area is 93.6 Å². The number of rotatable bonds is 3. The summed E-state index contributed by atoms with van der Waals surface area (Å²) in [6.45, 7) is 2.65. The molecule has 1 fully saturated rings. The molecular weight excluding hydrogens is 204 g/mol. The fourth-order valence-corrected chi connectivity index (χ4v) is 2.02. The highest BCUT2D eigenvalue weighted by Gasteiger charge is 2.15. The Balaban J connectivity index is 1.75. The fourth-order valence-electron chi connectivity index (χ4n) is 2.02. The highest BCUT2D eigenvalue weighted by atomic mass is 16.5. The first-order valence-electron chi connectivity index (χ1n) is 5.57. The van der Waals surface area contributed by atoms with E-state index in [2.05, 4.69) is 10.3 Å². The molecule has 1 saturated heterocycles. The topological polar surface area (TPSA) is 47.3 Å². The van der Waals surface area contributed by atoms with E-state index in [1.165, 1.54) is 0 Å². The monoisotopic (exact) mass is 218 g/mol. The Morgan fingerprint density at radius 2 is 2.44 bits per heavy atom. The Morgan fingerprint density at radius 3 is 3.31 bits per heavy atom. The Bertz CT molecular complexity index is 475. The number of ether oxygens (including phenoxy) is 1. The van der Waals surface area contributed by atoms with Crippen molar-refractivity contribution in [2.45, 2.75) is 6.42 Å². The van der Waals surface area contributed by atoms with Crippen LogP contribution in [0.15, 0.2) is 29.0 Å². The van der Waals surface area contributed by atoms with Crippen molar-refractivity contribution >= 4 is 16.8 Å². The van der Waals surface area contributed by atoms with Crippen molar-refractivity contribution < 1.29 is 9.15 Å². The molecule has 1 aliphatic rings. The van der Waals surface area contributed by atoms with Gasteiger partial charge in [-0.1, -0.05) is 0 Å². The van der Waals surface area contributed by atoms with Crippen molar-refractivity contribution in [3.8, 4) is 0 Å². The highest BCUT2D eigenvalue weighted by molar-refractivity contribution is 5.87. The van der Waals surface area contributed by atoms with E-state index in [0.29, 0.717) is 5.92 Å². The maximum Gasteiger partial charge on any atom is 0.139 e. The molecule has 0 spiro atoms. The zero-order chi connectivity index (χ0) is 10.8. The van der Waals surface area contributed by atoms with Gasteiger partial charge in [0.2, 0.25) is 0 Å². The zero-order valence-electron chi connectivity index (χ0n) is 8.98. The molecule has 0 amide bonds. The second kappa shape index (κ2) is 4.14. The van der Waals surface area contributed by atoms with Crippen molar-refractivity contribution in [3.63, 3.8) is 0 Å². The Kier molecular flexibility index (Phi) is 2.50. The van der Waals surface area contributed by atoms with Gasteiger partial charge in [-0.3, -0.25) is 0 Å². The second-order valence-electron chi connectivity index (χ2n) is 4.10. The predicted molar refractivity (Wildman–Crippen MR) is 61.4 cm³/mol. The van der Waals surface area contributed by atoms with Crippen LogP contribution in [0.4, 0.5) is 5.82 Å². The van der Waals surface area contributed by atoms with E-state index in [4.69, 9.17) is 9.15 Å². The van der Waals surface area contributed by atoms with Crippen molar-refractivity contribution in [2.75, 3.05) is 25.1 Å². The van der Waals surface area contributed by atoms with Gasteiger partial charge in [-0.2, -0.15) is 0 Å². The van der Waals surface area contributed by atoms with E-state index in [9.17, 15) is 0 Å². The van der Waals surface area contributed by atoms with Crippen molar-refractivity contribution in [3.05, 3.63) is 24.6 Å². The molecule has 16 heavy (non-hydrogen) atoms. The molecule has 0 bridgehead atoms. The number of hydrogen-bond donors (Lipinski definition) is 1. The average molecular weight is 218 g/mol. The van der Waals surface area contributed by atoms with Crippen LogP contribution < -0.4 is 5.32 Å². The maximum absolute atomic E-state index is 5.34. The maximum atomic E-state index is 5.34. The minimum atomic E-state index is 0.601. The van der Waals surface area contributed by atoms with Crippen LogP contribution in [0.5, 0.6) is 0 Å². The van der Waals surface area contributed by atoms with Crippen LogP contribution >= 0.6 is 0 Å². The largest absolute Gasteiger partial charge is 0.464 e. The number of pyridine rings is 1. The van der Waals surface area contributed by atoms with Gasteiger partial charge in [0.15, 0.2) is 0 Å². The lowest BCUT2D eigenvalue weighted by Gasteiger charge is -2.10. The van der Waals surface area contributed by atoms with Gasteiger partial charge >= 0.3 is 0 Å². The summed E-state index contributed by atoms with van der Waals surface area (Å²) in [5.74, 6) is 1.50. The molecule has 1 aliphatic heterocycles. The summed E-state index contributed by atoms with van der Waals surface area (Å²) in [4.78, 5) is 4.33. The molecule has 3 heterocycles. The second-order valence-corrected chi connectivity index (χ2v) is 4.10. The van der Waals surface area contributed by atoms with Crippen molar-refractivity contribution in [1.29, 1.82) is 0 Å². The Morgan fingerprint density at radius 1 is 1.44 bits per heavy atom. The molecule has 0 aromatic carbocycles. The lowest BCUT2D eigenvalue weighted by molar-refractivity contribution is 0.187. The molecule has 1 atom stereocenters. The standard InChI is InChI=1S/C12H14N2O2/c1-4-13-12(10-3-6-16-11(1)10)14-7-9-2-5-15-8-9/h1,3-4,6,9H,2,5,7-8H2,(H,13,14). The lowest BCUT2D eigenvalue weighted by atomic mass is 10.1. The van der Waals surface area contributed by atoms with Crippen LogP contribution in [0.3, 0.4) is 0 Å². The van der Waals surface area contributed by atoms with Crippen LogP contribution in [-0.4, -0.2) is 24.7 Å². The van der Waals surface area contributed by atoms with Crippen LogP contribution in [0.1, 0.15) is 6.42 Å². The molecule has 0 radical (unpaired) electrons. The number of hydrogen-bond acceptors (Lipinski definition) is 4. The lowest BCUT2D eigenvalue weighted by Crippen LogP contribution is -2.14. The van der Waals surface area contributed by atoms with Gasteiger partial charge in [-0.05, 0) is 18.6 Å². The molecule has 1 N–H and O–H groups in total. The first-order valence-corrected chi connectivity index (χ1v) is 5.57. The van der Waals surface area contributed by atoms with E-state index in [0.717, 1.165) is 43.0 Å². The van der Waals surface area contributed by atoms with Gasteiger partial charge < -0.3 is 14.5 Å². The normalized spacial score (nSPS) is 20.4. The number of nitrogens with zero attached hydrogens (tertiary/aromatic N) is 1. The summed E-state index contributed by atoms with van der Waals surface area (Å²) in [5.41, 5.74) is 0.875. The van der Waals surface area contributed by atoms with E-state index in [1.54, 1.807) is 12.5 Å². The summed E-state index contributed by atoms with van der Waals surface area (Å²) in [5, 5.41) is 4.41. The summed E-state index contributed by atoms with van der Waals surface area (Å²) >= 11 is 0. The third-order valence-electron chi connectivity index (χ3n) is 2.96. The van der Waals surface area contributed by atoms with Gasteiger partial charge in [0, 0.05) is 25.3 Å². The summed E-state index contributed by atoms with van der Waals surface area (Å²) in [6, 6.07) is 3.81.